The number of nitrogens with zero attached hydrogens (tertiary/aromatic N) is 2. The number of thioether (sulfide) groups is 1. The maximum Gasteiger partial charge on any atom is 0.414 e. The molecule has 0 N–H and O–H groups in total. The number of carbonyl (C=O) groups is 2. The number of rotatable bonds is 6. The molecule has 0 unspecified atom stereocenters. The highest BCUT2D eigenvalue weighted by atomic mass is 32.2. The summed E-state index contributed by atoms with van der Waals surface area (Å²) in [5, 5.41) is 1.87. The van der Waals surface area contributed by atoms with Crippen molar-refractivity contribution in [2.45, 2.75) is 31.8 Å². The Hall–Kier alpha value is -2.06. The van der Waals surface area contributed by atoms with Gasteiger partial charge in [-0.2, -0.15) is 11.8 Å². The minimum atomic E-state index is -0.487. The third-order valence-corrected chi connectivity index (χ3v) is 7.45. The molecule has 4 rings (SSSR count). The highest BCUT2D eigenvalue weighted by Crippen LogP contribution is 2.30. The lowest BCUT2D eigenvalue weighted by Crippen LogP contribution is -2.29. The van der Waals surface area contributed by atoms with Crippen LogP contribution in [0.4, 0.5) is 20.6 Å². The molecule has 160 valence electrons. The zero-order valence-corrected chi connectivity index (χ0v) is 18.4. The molecule has 1 aromatic carbocycles. The van der Waals surface area contributed by atoms with Gasteiger partial charge < -0.3 is 9.64 Å². The first-order valence-corrected chi connectivity index (χ1v) is 12.3. The van der Waals surface area contributed by atoms with Gasteiger partial charge in [-0.25, -0.2) is 9.18 Å². The number of ketones is 1. The number of hydrogen-bond acceptors (Lipinski definition) is 6. The zero-order valence-electron chi connectivity index (χ0n) is 16.7. The van der Waals surface area contributed by atoms with Crippen molar-refractivity contribution in [1.29, 1.82) is 0 Å². The first kappa shape index (κ1) is 21.2. The molecule has 0 saturated carbocycles. The van der Waals surface area contributed by atoms with Crippen LogP contribution in [0.2, 0.25) is 0 Å². The van der Waals surface area contributed by atoms with Crippen LogP contribution in [0.3, 0.4) is 0 Å². The Kier molecular flexibility index (Phi) is 6.94. The van der Waals surface area contributed by atoms with E-state index in [-0.39, 0.29) is 17.7 Å². The van der Waals surface area contributed by atoms with Gasteiger partial charge in [0.15, 0.2) is 5.78 Å². The average Bonchev–Trinajstić information content (AvgIpc) is 3.36. The van der Waals surface area contributed by atoms with Crippen molar-refractivity contribution in [2.24, 2.45) is 0 Å². The number of amides is 1. The van der Waals surface area contributed by atoms with E-state index in [1.165, 1.54) is 22.3 Å². The number of thiophene rings is 1. The van der Waals surface area contributed by atoms with Crippen molar-refractivity contribution in [3.05, 3.63) is 46.4 Å². The number of anilines is 2. The topological polar surface area (TPSA) is 49.9 Å². The van der Waals surface area contributed by atoms with Crippen molar-refractivity contribution in [1.82, 2.24) is 0 Å². The molecule has 1 amide bonds. The van der Waals surface area contributed by atoms with E-state index in [0.29, 0.717) is 30.8 Å². The summed E-state index contributed by atoms with van der Waals surface area (Å²) in [6, 6.07) is 8.62. The molecule has 8 heteroatoms. The van der Waals surface area contributed by atoms with Crippen LogP contribution in [0, 0.1) is 5.82 Å². The first-order chi connectivity index (χ1) is 14.6. The van der Waals surface area contributed by atoms with Gasteiger partial charge in [-0.3, -0.25) is 9.69 Å². The van der Waals surface area contributed by atoms with Crippen LogP contribution < -0.4 is 9.80 Å². The molecule has 1 atom stereocenters. The molecule has 2 aromatic rings. The highest BCUT2D eigenvalue weighted by Gasteiger charge is 2.33. The fourth-order valence-corrected chi connectivity index (χ4v) is 5.39. The van der Waals surface area contributed by atoms with E-state index in [9.17, 15) is 14.0 Å². The highest BCUT2D eigenvalue weighted by molar-refractivity contribution is 7.99. The Bertz CT molecular complexity index is 883. The molecule has 2 aliphatic heterocycles. The number of halogens is 1. The number of Topliss-reactive ketones (excluding diaryl/α,β-unsaturated/α-hetero) is 1. The van der Waals surface area contributed by atoms with Crippen LogP contribution in [-0.4, -0.2) is 49.1 Å². The Morgan fingerprint density at radius 3 is 2.70 bits per heavy atom. The summed E-state index contributed by atoms with van der Waals surface area (Å²) < 4.78 is 20.3. The fourth-order valence-electron chi connectivity index (χ4n) is 3.83. The van der Waals surface area contributed by atoms with E-state index in [2.05, 4.69) is 4.90 Å². The van der Waals surface area contributed by atoms with Crippen molar-refractivity contribution < 1.29 is 18.7 Å². The van der Waals surface area contributed by atoms with Gasteiger partial charge in [0.05, 0.1) is 22.8 Å². The molecule has 0 radical (unpaired) electrons. The summed E-state index contributed by atoms with van der Waals surface area (Å²) >= 11 is 3.37. The molecule has 5 nitrogen and oxygen atoms in total. The molecule has 30 heavy (non-hydrogen) atoms. The largest absolute Gasteiger partial charge is 0.444 e. The van der Waals surface area contributed by atoms with Gasteiger partial charge in [0.25, 0.3) is 0 Å². The minimum absolute atomic E-state index is 0.0570. The predicted octanol–water partition coefficient (Wildman–Crippen LogP) is 5.21. The number of benzene rings is 1. The number of cyclic esters (lactones) is 1. The van der Waals surface area contributed by atoms with Crippen molar-refractivity contribution in [2.75, 3.05) is 40.9 Å². The summed E-state index contributed by atoms with van der Waals surface area (Å²) in [4.78, 5) is 28.8. The molecular formula is C22H25FN2O3S2. The standard InChI is InChI=1S/C22H25FN2O3S2/c23-18-14-16(5-7-19(18)24-9-2-11-29-12-3-10-24)25-15-17(28-22(25)27)6-8-20(26)21-4-1-13-30-21/h1,4-5,7,13-14,17H,2-3,6,8-12,15H2/t17-/m0/s1. The molecule has 0 spiro atoms. The van der Waals surface area contributed by atoms with Crippen molar-refractivity contribution >= 4 is 46.3 Å². The first-order valence-electron chi connectivity index (χ1n) is 10.3. The Morgan fingerprint density at radius 2 is 2.00 bits per heavy atom. The van der Waals surface area contributed by atoms with Crippen LogP contribution in [0.25, 0.3) is 0 Å². The van der Waals surface area contributed by atoms with Gasteiger partial charge >= 0.3 is 6.09 Å². The average molecular weight is 449 g/mol. The van der Waals surface area contributed by atoms with E-state index >= 15 is 0 Å². The fraction of sp³-hybridized carbons (Fsp3) is 0.455. The van der Waals surface area contributed by atoms with Crippen LogP contribution in [0.1, 0.15) is 35.4 Å². The molecule has 3 heterocycles. The number of ether oxygens (including phenoxy) is 1. The zero-order chi connectivity index (χ0) is 20.9. The van der Waals surface area contributed by atoms with Gasteiger partial charge in [0.1, 0.15) is 11.9 Å². The van der Waals surface area contributed by atoms with Crippen molar-refractivity contribution in [3.8, 4) is 0 Å². The van der Waals surface area contributed by atoms with Crippen LogP contribution in [0.5, 0.6) is 0 Å². The summed E-state index contributed by atoms with van der Waals surface area (Å²) in [6.45, 7) is 2.01. The lowest BCUT2D eigenvalue weighted by atomic mass is 10.1. The Morgan fingerprint density at radius 1 is 1.20 bits per heavy atom. The smallest absolute Gasteiger partial charge is 0.414 e. The summed E-state index contributed by atoms with van der Waals surface area (Å²) in [6.07, 6.45) is 2.01. The molecule has 0 aliphatic carbocycles. The number of hydrogen-bond donors (Lipinski definition) is 0. The summed E-state index contributed by atoms with van der Waals surface area (Å²) in [5.74, 6) is 1.95. The molecular weight excluding hydrogens is 423 g/mol. The second-order valence-corrected chi connectivity index (χ2v) is 9.67. The SMILES string of the molecule is O=C(CC[C@H]1CN(c2ccc(N3CCCSCCC3)c(F)c2)C(=O)O1)c1cccs1. The number of carbonyl (C=O) groups excluding carboxylic acids is 2. The lowest BCUT2D eigenvalue weighted by Gasteiger charge is -2.27. The Labute approximate surface area is 184 Å². The quantitative estimate of drug-likeness (QED) is 0.568. The van der Waals surface area contributed by atoms with Gasteiger partial charge in [0, 0.05) is 19.5 Å². The van der Waals surface area contributed by atoms with Gasteiger partial charge in [-0.1, -0.05) is 6.07 Å². The molecule has 2 aliphatic rings. The van der Waals surface area contributed by atoms with E-state index in [1.54, 1.807) is 18.2 Å². The molecule has 0 bridgehead atoms. The second-order valence-electron chi connectivity index (χ2n) is 7.50. The van der Waals surface area contributed by atoms with Crippen LogP contribution in [0.15, 0.2) is 35.7 Å². The molecule has 1 aromatic heterocycles. The third kappa shape index (κ3) is 4.98. The minimum Gasteiger partial charge on any atom is -0.444 e. The van der Waals surface area contributed by atoms with E-state index in [0.717, 1.165) is 42.3 Å². The Balaban J connectivity index is 1.38. The lowest BCUT2D eigenvalue weighted by molar-refractivity contribution is 0.0943. The van der Waals surface area contributed by atoms with E-state index < -0.39 is 6.09 Å². The molecule has 2 saturated heterocycles. The summed E-state index contributed by atoms with van der Waals surface area (Å²) in [7, 11) is 0. The maximum absolute atomic E-state index is 14.9. The van der Waals surface area contributed by atoms with Crippen LogP contribution >= 0.6 is 23.1 Å². The van der Waals surface area contributed by atoms with Crippen LogP contribution in [-0.2, 0) is 4.74 Å². The summed E-state index contributed by atoms with van der Waals surface area (Å²) in [5.41, 5.74) is 1.09. The van der Waals surface area contributed by atoms with Gasteiger partial charge in [-0.05, 0) is 60.4 Å². The van der Waals surface area contributed by atoms with Gasteiger partial charge in [-0.15, -0.1) is 11.3 Å². The maximum atomic E-state index is 14.9. The molecule has 2 fully saturated rings. The van der Waals surface area contributed by atoms with Crippen molar-refractivity contribution in [3.63, 3.8) is 0 Å². The van der Waals surface area contributed by atoms with E-state index in [4.69, 9.17) is 4.74 Å². The van der Waals surface area contributed by atoms with E-state index in [1.807, 2.05) is 23.2 Å². The predicted molar refractivity (Wildman–Crippen MR) is 121 cm³/mol. The monoisotopic (exact) mass is 448 g/mol. The van der Waals surface area contributed by atoms with Gasteiger partial charge in [0.2, 0.25) is 0 Å². The third-order valence-electron chi connectivity index (χ3n) is 5.38. The normalized spacial score (nSPS) is 20.0. The second kappa shape index (κ2) is 9.83.